The molecule has 5 unspecified atom stereocenters. The van der Waals surface area contributed by atoms with E-state index in [0.717, 1.165) is 12.8 Å². The third-order valence-corrected chi connectivity index (χ3v) is 12.2. The topological polar surface area (TPSA) is 205 Å². The van der Waals surface area contributed by atoms with Crippen LogP contribution in [0.1, 0.15) is 86.6 Å². The molecule has 0 bridgehead atoms. The van der Waals surface area contributed by atoms with Gasteiger partial charge in [0, 0.05) is 24.1 Å². The molecule has 3 fully saturated rings. The minimum atomic E-state index is -3.91. The number of rotatable bonds is 8. The molecule has 2 aromatic heterocycles. The van der Waals surface area contributed by atoms with Gasteiger partial charge in [-0.15, -0.1) is 0 Å². The van der Waals surface area contributed by atoms with E-state index in [1.54, 1.807) is 13.0 Å². The molecule has 3 aromatic rings. The largest absolute Gasteiger partial charge is 0.471 e. The first-order valence-electron chi connectivity index (χ1n) is 18.2. The number of ether oxygens (including phenoxy) is 1. The van der Waals surface area contributed by atoms with Crippen molar-refractivity contribution in [1.29, 1.82) is 0 Å². The molecule has 1 saturated heterocycles. The van der Waals surface area contributed by atoms with Crippen LogP contribution in [0.4, 0.5) is 4.39 Å². The van der Waals surface area contributed by atoms with Crippen LogP contribution in [0, 0.1) is 18.7 Å². The van der Waals surface area contributed by atoms with E-state index in [4.69, 9.17) is 4.74 Å². The van der Waals surface area contributed by atoms with E-state index < -0.39 is 74.4 Å². The van der Waals surface area contributed by atoms with Gasteiger partial charge < -0.3 is 20.3 Å². The number of aromatic amines is 1. The number of aryl methyl sites for hydroxylation is 2. The zero-order valence-electron chi connectivity index (χ0n) is 29.6. The van der Waals surface area contributed by atoms with Crippen LogP contribution in [-0.2, 0) is 30.8 Å². The van der Waals surface area contributed by atoms with Gasteiger partial charge in [-0.05, 0) is 70.1 Å². The Kier molecular flexibility index (Phi) is 9.95. The van der Waals surface area contributed by atoms with Gasteiger partial charge in [0.05, 0.1) is 22.8 Å². The number of halogens is 1. The van der Waals surface area contributed by atoms with E-state index in [0.29, 0.717) is 55.4 Å². The van der Waals surface area contributed by atoms with E-state index in [2.05, 4.69) is 35.5 Å². The number of benzene rings is 1. The van der Waals surface area contributed by atoms with Crippen molar-refractivity contribution in [1.82, 2.24) is 40.4 Å². The zero-order valence-corrected chi connectivity index (χ0v) is 30.4. The number of carbonyl (C=O) groups is 4. The Morgan fingerprint density at radius 3 is 2.64 bits per heavy atom. The summed E-state index contributed by atoms with van der Waals surface area (Å²) in [5, 5.41) is 11.8. The van der Waals surface area contributed by atoms with Crippen LogP contribution in [0.25, 0.3) is 11.0 Å². The minimum absolute atomic E-state index is 0.0125. The average molecular weight is 751 g/mol. The highest BCUT2D eigenvalue weighted by molar-refractivity contribution is 7.91. The fourth-order valence-electron chi connectivity index (χ4n) is 7.14. The lowest BCUT2D eigenvalue weighted by Crippen LogP contribution is -2.58. The van der Waals surface area contributed by atoms with Crippen LogP contribution in [-0.4, -0.2) is 92.6 Å². The van der Waals surface area contributed by atoms with Gasteiger partial charge in [0.25, 0.3) is 11.8 Å². The molecule has 1 aromatic carbocycles. The number of hydrogen-bond donors (Lipinski definition) is 4. The van der Waals surface area contributed by atoms with Gasteiger partial charge >= 0.3 is 0 Å². The van der Waals surface area contributed by atoms with E-state index in [1.807, 2.05) is 19.1 Å². The van der Waals surface area contributed by atoms with Crippen LogP contribution < -0.4 is 20.1 Å². The molecule has 53 heavy (non-hydrogen) atoms. The molecular weight excluding hydrogens is 708 g/mol. The molecule has 4 heterocycles. The summed E-state index contributed by atoms with van der Waals surface area (Å²) in [6.07, 6.45) is 7.62. The second kappa shape index (κ2) is 14.5. The smallest absolute Gasteiger partial charge is 0.272 e. The molecule has 5 atom stereocenters. The van der Waals surface area contributed by atoms with Crippen LogP contribution in [0.3, 0.4) is 0 Å². The molecule has 4 N–H and O–H groups in total. The Bertz CT molecular complexity index is 2090. The number of nitrogens with zero attached hydrogens (tertiary/aromatic N) is 4. The first kappa shape index (κ1) is 36.4. The number of nitrogens with one attached hydrogen (secondary N) is 4. The van der Waals surface area contributed by atoms with E-state index in [-0.39, 0.29) is 36.5 Å². The quantitative estimate of drug-likeness (QED) is 0.248. The van der Waals surface area contributed by atoms with Crippen LogP contribution in [0.15, 0.2) is 36.4 Å². The number of hydrogen-bond acceptors (Lipinski definition) is 10. The molecule has 4 aliphatic rings. The fourth-order valence-corrected chi connectivity index (χ4v) is 8.51. The lowest BCUT2D eigenvalue weighted by molar-refractivity contribution is -0.141. The first-order chi connectivity index (χ1) is 25.4. The van der Waals surface area contributed by atoms with Crippen molar-refractivity contribution in [2.24, 2.45) is 5.92 Å². The number of amides is 4. The SMILES string of the molecule is CCc1nc2ccc(F)cc2nc1OC1CC2C(=O)NC3(C(=O)NS(=O)(=O)C4CC4)CC3/C=C\CCCCCC(NC(=O)c3cc(C)[nH]n3)C(=O)N2C1. The zero-order chi connectivity index (χ0) is 37.5. The summed E-state index contributed by atoms with van der Waals surface area (Å²) >= 11 is 0. The Hall–Kier alpha value is -4.93. The number of H-pyrrole nitrogens is 1. The number of allylic oxidation sites excluding steroid dienone is 1. The molecule has 0 radical (unpaired) electrons. The summed E-state index contributed by atoms with van der Waals surface area (Å²) in [4.78, 5) is 66.3. The minimum Gasteiger partial charge on any atom is -0.471 e. The highest BCUT2D eigenvalue weighted by Gasteiger charge is 2.62. The normalized spacial score (nSPS) is 27.1. The van der Waals surface area contributed by atoms with Crippen molar-refractivity contribution < 1.29 is 36.7 Å². The predicted octanol–water partition coefficient (Wildman–Crippen LogP) is 2.51. The van der Waals surface area contributed by atoms with Gasteiger partial charge in [-0.2, -0.15) is 5.10 Å². The summed E-state index contributed by atoms with van der Waals surface area (Å²) in [5.41, 5.74) is 0.509. The Labute approximate surface area is 306 Å². The third kappa shape index (κ3) is 7.75. The number of carbonyl (C=O) groups excluding carboxylic acids is 4. The lowest BCUT2D eigenvalue weighted by atomic mass is 10.0. The van der Waals surface area contributed by atoms with E-state index >= 15 is 0 Å². The van der Waals surface area contributed by atoms with Crippen molar-refractivity contribution in [3.05, 3.63) is 59.3 Å². The maximum Gasteiger partial charge on any atom is 0.272 e. The van der Waals surface area contributed by atoms with Crippen molar-refractivity contribution in [2.45, 2.75) is 107 Å². The Morgan fingerprint density at radius 1 is 1.09 bits per heavy atom. The summed E-state index contributed by atoms with van der Waals surface area (Å²) < 4.78 is 48.3. The second-order valence-electron chi connectivity index (χ2n) is 14.4. The molecule has 17 heteroatoms. The number of aromatic nitrogens is 4. The van der Waals surface area contributed by atoms with E-state index in [9.17, 15) is 32.0 Å². The van der Waals surface area contributed by atoms with Crippen molar-refractivity contribution in [2.75, 3.05) is 6.54 Å². The van der Waals surface area contributed by atoms with Gasteiger partial charge in [-0.25, -0.2) is 22.8 Å². The first-order valence-corrected chi connectivity index (χ1v) is 19.7. The summed E-state index contributed by atoms with van der Waals surface area (Å²) in [6.45, 7) is 3.54. The second-order valence-corrected chi connectivity index (χ2v) is 16.4. The number of fused-ring (bicyclic) bond motifs is 3. The molecule has 2 aliphatic carbocycles. The van der Waals surface area contributed by atoms with Gasteiger partial charge in [0.1, 0.15) is 40.9 Å². The molecule has 15 nitrogen and oxygen atoms in total. The molecule has 4 amide bonds. The molecule has 7 rings (SSSR count). The summed E-state index contributed by atoms with van der Waals surface area (Å²) in [6, 6.07) is 3.45. The summed E-state index contributed by atoms with van der Waals surface area (Å²) in [5.74, 6) is -3.36. The van der Waals surface area contributed by atoms with Crippen LogP contribution >= 0.6 is 0 Å². The van der Waals surface area contributed by atoms with E-state index in [1.165, 1.54) is 23.1 Å². The molecular formula is C36H43FN8O7S. The Balaban J connectivity index is 1.20. The summed E-state index contributed by atoms with van der Waals surface area (Å²) in [7, 11) is -3.91. The monoisotopic (exact) mass is 750 g/mol. The highest BCUT2D eigenvalue weighted by Crippen LogP contribution is 2.46. The van der Waals surface area contributed by atoms with Gasteiger partial charge in [0.15, 0.2) is 0 Å². The maximum absolute atomic E-state index is 14.5. The maximum atomic E-state index is 14.5. The van der Waals surface area contributed by atoms with Crippen LogP contribution in [0.5, 0.6) is 5.88 Å². The van der Waals surface area contributed by atoms with Crippen molar-refractivity contribution >= 4 is 44.7 Å². The Morgan fingerprint density at radius 2 is 1.91 bits per heavy atom. The van der Waals surface area contributed by atoms with Gasteiger partial charge in [0.2, 0.25) is 27.7 Å². The van der Waals surface area contributed by atoms with Crippen molar-refractivity contribution in [3.8, 4) is 5.88 Å². The highest BCUT2D eigenvalue weighted by atomic mass is 32.2. The third-order valence-electron chi connectivity index (χ3n) is 10.4. The molecule has 282 valence electrons. The predicted molar refractivity (Wildman–Crippen MR) is 189 cm³/mol. The van der Waals surface area contributed by atoms with Gasteiger partial charge in [-0.1, -0.05) is 31.9 Å². The van der Waals surface area contributed by atoms with Crippen LogP contribution in [0.2, 0.25) is 0 Å². The molecule has 2 saturated carbocycles. The van der Waals surface area contributed by atoms with Crippen molar-refractivity contribution in [3.63, 3.8) is 0 Å². The lowest BCUT2D eigenvalue weighted by Gasteiger charge is -2.29. The molecule has 0 spiro atoms. The average Bonchev–Trinajstić information content (AvgIpc) is 4.01. The fraction of sp³-hybridized carbons (Fsp3) is 0.528. The number of sulfonamides is 1. The molecule has 2 aliphatic heterocycles. The van der Waals surface area contributed by atoms with Gasteiger partial charge in [-0.3, -0.25) is 29.0 Å². The standard InChI is InChI=1S/C36H43FN8O7S/c1-3-25-33(40-28-16-22(37)11-14-26(28)38-25)52-23-17-30-32(47)41-36(35(49)44-53(50,51)24-12-13-24)18-21(36)9-7-5-4-6-8-10-27(34(48)45(30)19-23)39-31(46)29-15-20(2)42-43-29/h7,9,11,14-16,21,23-24,27,30H,3-6,8,10,12-13,17-19H2,1-2H3,(H,39,46)(H,41,47)(H,42,43)(H,44,49)/b9-7-.